The Morgan fingerprint density at radius 2 is 2.10 bits per heavy atom. The smallest absolute Gasteiger partial charge is 0.256 e. The first kappa shape index (κ1) is 15.6. The molecule has 0 aliphatic carbocycles. The first-order chi connectivity index (χ1) is 9.93. The van der Waals surface area contributed by atoms with E-state index in [1.807, 2.05) is 36.0 Å². The number of carbonyl (C=O) groups is 1. The molecule has 1 heterocycles. The predicted octanol–water partition coefficient (Wildman–Crippen LogP) is 1.50. The molecule has 0 aromatic heterocycles. The Hall–Kier alpha value is -1.75. The number of carbonyl (C=O) groups excluding carboxylic acids is 1. The third-order valence-electron chi connectivity index (χ3n) is 4.27. The van der Waals surface area contributed by atoms with E-state index in [1.54, 1.807) is 6.07 Å². The first-order valence-corrected chi connectivity index (χ1v) is 7.50. The summed E-state index contributed by atoms with van der Waals surface area (Å²) in [7, 11) is 6.02. The topological polar surface area (TPSA) is 52.8 Å². The molecule has 1 unspecified atom stereocenters. The lowest BCUT2D eigenvalue weighted by Crippen LogP contribution is -2.53. The number of anilines is 2. The number of piperazine rings is 1. The maximum absolute atomic E-state index is 12.9. The van der Waals surface area contributed by atoms with E-state index in [4.69, 9.17) is 5.73 Å². The van der Waals surface area contributed by atoms with Gasteiger partial charge in [-0.2, -0.15) is 0 Å². The second-order valence-electron chi connectivity index (χ2n) is 5.96. The number of hydrogen-bond donors (Lipinski definition) is 1. The van der Waals surface area contributed by atoms with Crippen LogP contribution >= 0.6 is 0 Å². The van der Waals surface area contributed by atoms with Crippen LogP contribution in [-0.4, -0.2) is 62.5 Å². The number of benzene rings is 1. The van der Waals surface area contributed by atoms with Crippen LogP contribution in [0, 0.1) is 0 Å². The third kappa shape index (κ3) is 3.29. The Balaban J connectivity index is 2.26. The summed E-state index contributed by atoms with van der Waals surface area (Å²) in [6.07, 6.45) is 1.05. The quantitative estimate of drug-likeness (QED) is 0.857. The van der Waals surface area contributed by atoms with Crippen molar-refractivity contribution in [3.63, 3.8) is 0 Å². The van der Waals surface area contributed by atoms with Gasteiger partial charge in [-0.1, -0.05) is 6.92 Å². The van der Waals surface area contributed by atoms with Gasteiger partial charge in [-0.3, -0.25) is 9.69 Å². The lowest BCUT2D eigenvalue weighted by Gasteiger charge is -2.39. The first-order valence-electron chi connectivity index (χ1n) is 7.50. The van der Waals surface area contributed by atoms with Gasteiger partial charge >= 0.3 is 0 Å². The molecule has 1 aromatic rings. The van der Waals surface area contributed by atoms with Crippen LogP contribution in [0.25, 0.3) is 0 Å². The van der Waals surface area contributed by atoms with Crippen LogP contribution in [0.4, 0.5) is 11.4 Å². The Morgan fingerprint density at radius 3 is 2.71 bits per heavy atom. The molecule has 1 aliphatic heterocycles. The molecule has 21 heavy (non-hydrogen) atoms. The van der Waals surface area contributed by atoms with Crippen LogP contribution in [0.3, 0.4) is 0 Å². The lowest BCUT2D eigenvalue weighted by atomic mass is 10.1. The largest absolute Gasteiger partial charge is 0.399 e. The van der Waals surface area contributed by atoms with Crippen LogP contribution in [0.15, 0.2) is 18.2 Å². The van der Waals surface area contributed by atoms with Crippen molar-refractivity contribution >= 4 is 17.3 Å². The minimum absolute atomic E-state index is 0.0811. The van der Waals surface area contributed by atoms with E-state index in [-0.39, 0.29) is 5.91 Å². The summed E-state index contributed by atoms with van der Waals surface area (Å²) in [6.45, 7) is 4.64. The number of amides is 1. The molecule has 1 aromatic carbocycles. The van der Waals surface area contributed by atoms with Crippen LogP contribution in [0.1, 0.15) is 23.7 Å². The van der Waals surface area contributed by atoms with Gasteiger partial charge < -0.3 is 15.5 Å². The second kappa shape index (κ2) is 6.35. The fraction of sp³-hybridized carbons (Fsp3) is 0.562. The van der Waals surface area contributed by atoms with Crippen molar-refractivity contribution in [2.45, 2.75) is 19.4 Å². The van der Waals surface area contributed by atoms with Crippen LogP contribution in [-0.2, 0) is 0 Å². The second-order valence-corrected chi connectivity index (χ2v) is 5.96. The molecule has 1 atom stereocenters. The zero-order valence-corrected chi connectivity index (χ0v) is 13.5. The van der Waals surface area contributed by atoms with Crippen molar-refractivity contribution in [2.75, 3.05) is 51.4 Å². The van der Waals surface area contributed by atoms with Crippen molar-refractivity contribution in [2.24, 2.45) is 0 Å². The van der Waals surface area contributed by atoms with Crippen LogP contribution < -0.4 is 10.6 Å². The van der Waals surface area contributed by atoms with Gasteiger partial charge in [0, 0.05) is 51.1 Å². The summed E-state index contributed by atoms with van der Waals surface area (Å²) >= 11 is 0. The van der Waals surface area contributed by atoms with E-state index in [0.29, 0.717) is 17.3 Å². The number of nitrogen functional groups attached to an aromatic ring is 1. The van der Waals surface area contributed by atoms with E-state index in [2.05, 4.69) is 18.9 Å². The van der Waals surface area contributed by atoms with Crippen molar-refractivity contribution in [1.29, 1.82) is 0 Å². The molecular weight excluding hydrogens is 264 g/mol. The Kier molecular flexibility index (Phi) is 4.73. The molecule has 5 heteroatoms. The average molecular weight is 290 g/mol. The molecular formula is C16H26N4O. The van der Waals surface area contributed by atoms with Gasteiger partial charge in [0.2, 0.25) is 0 Å². The highest BCUT2D eigenvalue weighted by atomic mass is 16.2. The Morgan fingerprint density at radius 1 is 1.38 bits per heavy atom. The van der Waals surface area contributed by atoms with Crippen LogP contribution in [0.2, 0.25) is 0 Å². The monoisotopic (exact) mass is 290 g/mol. The number of rotatable bonds is 3. The number of likely N-dealkylation sites (N-methyl/N-ethyl adjacent to an activating group) is 1. The van der Waals surface area contributed by atoms with E-state index in [1.165, 1.54) is 0 Å². The maximum Gasteiger partial charge on any atom is 0.256 e. The summed E-state index contributed by atoms with van der Waals surface area (Å²) in [6, 6.07) is 5.98. The molecule has 0 radical (unpaired) electrons. The highest BCUT2D eigenvalue weighted by molar-refractivity contribution is 6.00. The molecule has 5 nitrogen and oxygen atoms in total. The fourth-order valence-electron chi connectivity index (χ4n) is 2.86. The molecule has 0 spiro atoms. The fourth-order valence-corrected chi connectivity index (χ4v) is 2.86. The summed E-state index contributed by atoms with van der Waals surface area (Å²) in [4.78, 5) is 19.1. The number of hydrogen-bond acceptors (Lipinski definition) is 4. The minimum Gasteiger partial charge on any atom is -0.399 e. The normalized spacial score (nSPS) is 19.6. The van der Waals surface area contributed by atoms with E-state index < -0.39 is 0 Å². The molecule has 1 aliphatic rings. The lowest BCUT2D eigenvalue weighted by molar-refractivity contribution is 0.0542. The average Bonchev–Trinajstić information content (AvgIpc) is 2.46. The third-order valence-corrected chi connectivity index (χ3v) is 4.27. The highest BCUT2D eigenvalue weighted by Crippen LogP contribution is 2.24. The predicted molar refractivity (Wildman–Crippen MR) is 87.8 cm³/mol. The zero-order chi connectivity index (χ0) is 15.6. The summed E-state index contributed by atoms with van der Waals surface area (Å²) < 4.78 is 0. The Labute approximate surface area is 127 Å². The SMILES string of the molecule is CCC1CN(C(=O)c2cc(N)ccc2N(C)C)CCN1C. The zero-order valence-electron chi connectivity index (χ0n) is 13.5. The van der Waals surface area contributed by atoms with Gasteiger partial charge in [-0.25, -0.2) is 0 Å². The number of nitrogens with zero attached hydrogens (tertiary/aromatic N) is 3. The van der Waals surface area contributed by atoms with Gasteiger partial charge in [-0.15, -0.1) is 0 Å². The van der Waals surface area contributed by atoms with Crippen molar-refractivity contribution < 1.29 is 4.79 Å². The molecule has 116 valence electrons. The highest BCUT2D eigenvalue weighted by Gasteiger charge is 2.28. The van der Waals surface area contributed by atoms with Gasteiger partial charge in [-0.05, 0) is 31.7 Å². The van der Waals surface area contributed by atoms with Crippen molar-refractivity contribution in [3.8, 4) is 0 Å². The van der Waals surface area contributed by atoms with Gasteiger partial charge in [0.1, 0.15) is 0 Å². The Bertz CT molecular complexity index is 515. The van der Waals surface area contributed by atoms with Crippen molar-refractivity contribution in [3.05, 3.63) is 23.8 Å². The molecule has 2 rings (SSSR count). The van der Waals surface area contributed by atoms with Crippen molar-refractivity contribution in [1.82, 2.24) is 9.80 Å². The standard InChI is InChI=1S/C16H26N4O/c1-5-13-11-20(9-8-19(13)4)16(21)14-10-12(17)6-7-15(14)18(2)3/h6-7,10,13H,5,8-9,11,17H2,1-4H3. The molecule has 1 fully saturated rings. The van der Waals surface area contributed by atoms with E-state index >= 15 is 0 Å². The summed E-state index contributed by atoms with van der Waals surface area (Å²) in [5.41, 5.74) is 8.11. The van der Waals surface area contributed by atoms with Gasteiger partial charge in [0.15, 0.2) is 0 Å². The van der Waals surface area contributed by atoms with Gasteiger partial charge in [0.05, 0.1) is 5.56 Å². The van der Waals surface area contributed by atoms with E-state index in [9.17, 15) is 4.79 Å². The molecule has 0 bridgehead atoms. The van der Waals surface area contributed by atoms with E-state index in [0.717, 1.165) is 31.7 Å². The summed E-state index contributed by atoms with van der Waals surface area (Å²) in [5, 5.41) is 0. The molecule has 1 amide bonds. The van der Waals surface area contributed by atoms with Crippen LogP contribution in [0.5, 0.6) is 0 Å². The molecule has 1 saturated heterocycles. The van der Waals surface area contributed by atoms with Gasteiger partial charge in [0.25, 0.3) is 5.91 Å². The molecule has 0 saturated carbocycles. The minimum atomic E-state index is 0.0811. The maximum atomic E-state index is 12.9. The molecule has 2 N–H and O–H groups in total. The number of nitrogens with two attached hydrogens (primary N) is 1. The summed E-state index contributed by atoms with van der Waals surface area (Å²) in [5.74, 6) is 0.0811.